The fraction of sp³-hybridized carbons (Fsp3) is 0.238. The zero-order chi connectivity index (χ0) is 21.2. The van der Waals surface area contributed by atoms with Gasteiger partial charge in [0, 0.05) is 5.69 Å². The van der Waals surface area contributed by atoms with E-state index in [1.54, 1.807) is 30.3 Å². The van der Waals surface area contributed by atoms with Crippen LogP contribution in [0.25, 0.3) is 0 Å². The fourth-order valence-electron chi connectivity index (χ4n) is 2.24. The molecule has 0 heterocycles. The maximum atomic E-state index is 12.0. The van der Waals surface area contributed by atoms with Crippen molar-refractivity contribution in [2.45, 2.75) is 20.3 Å². The van der Waals surface area contributed by atoms with Gasteiger partial charge in [0.25, 0.3) is 0 Å². The third-order valence-electron chi connectivity index (χ3n) is 3.98. The first-order valence-electron chi connectivity index (χ1n) is 8.86. The topological polar surface area (TPSA) is 106 Å². The maximum absolute atomic E-state index is 12.0. The van der Waals surface area contributed by atoms with Gasteiger partial charge in [0.15, 0.2) is 6.61 Å². The largest absolute Gasteiger partial charge is 0.482 e. The minimum absolute atomic E-state index is 0.176. The summed E-state index contributed by atoms with van der Waals surface area (Å²) in [7, 11) is 1.28. The Bertz CT molecular complexity index is 907. The molecular weight excluding hydrogens is 374 g/mol. The smallest absolute Gasteiger partial charge is 0.343 e. The van der Waals surface area contributed by atoms with Crippen molar-refractivity contribution in [2.24, 2.45) is 5.10 Å². The summed E-state index contributed by atoms with van der Waals surface area (Å²) in [5.41, 5.74) is 5.83. The van der Waals surface area contributed by atoms with Crippen molar-refractivity contribution in [3.05, 3.63) is 59.2 Å². The quantitative estimate of drug-likeness (QED) is 0.308. The Kier molecular flexibility index (Phi) is 7.90. The van der Waals surface area contributed by atoms with Crippen molar-refractivity contribution >= 4 is 29.7 Å². The van der Waals surface area contributed by atoms with E-state index in [4.69, 9.17) is 4.74 Å². The lowest BCUT2D eigenvalue weighted by molar-refractivity contribution is -0.143. The molecular formula is C21H23N3O5. The Morgan fingerprint density at radius 2 is 1.72 bits per heavy atom. The molecule has 2 aromatic carbocycles. The van der Waals surface area contributed by atoms with Crippen molar-refractivity contribution < 1.29 is 23.9 Å². The molecule has 8 heteroatoms. The molecule has 0 atom stereocenters. The van der Waals surface area contributed by atoms with Crippen LogP contribution < -0.4 is 15.5 Å². The first-order chi connectivity index (χ1) is 13.9. The lowest BCUT2D eigenvalue weighted by Crippen LogP contribution is -2.24. The lowest BCUT2D eigenvalue weighted by atomic mass is 10.1. The maximum Gasteiger partial charge on any atom is 0.343 e. The molecule has 0 unspecified atom stereocenters. The molecule has 0 bridgehead atoms. The summed E-state index contributed by atoms with van der Waals surface area (Å²) in [4.78, 5) is 34.8. The first kappa shape index (κ1) is 21.6. The van der Waals surface area contributed by atoms with E-state index >= 15 is 0 Å². The van der Waals surface area contributed by atoms with Crippen molar-refractivity contribution in [1.82, 2.24) is 5.43 Å². The van der Waals surface area contributed by atoms with Gasteiger partial charge in [-0.15, -0.1) is 0 Å². The van der Waals surface area contributed by atoms with Gasteiger partial charge in [0.2, 0.25) is 11.8 Å². The van der Waals surface area contributed by atoms with Gasteiger partial charge < -0.3 is 14.8 Å². The van der Waals surface area contributed by atoms with Gasteiger partial charge in [-0.25, -0.2) is 10.2 Å². The summed E-state index contributed by atoms with van der Waals surface area (Å²) in [5, 5.41) is 6.51. The van der Waals surface area contributed by atoms with E-state index in [9.17, 15) is 14.4 Å². The first-order valence-corrected chi connectivity index (χ1v) is 8.86. The summed E-state index contributed by atoms with van der Waals surface area (Å²) in [5.74, 6) is -0.923. The number of carbonyl (C=O) groups is 3. The Morgan fingerprint density at radius 3 is 2.38 bits per heavy atom. The molecule has 2 amide bonds. The number of nitrogens with one attached hydrogen (secondary N) is 2. The highest BCUT2D eigenvalue weighted by atomic mass is 16.6. The number of methoxy groups -OCH3 is 1. The second-order valence-electron chi connectivity index (χ2n) is 6.25. The van der Waals surface area contributed by atoms with Crippen LogP contribution in [0.15, 0.2) is 47.6 Å². The summed E-state index contributed by atoms with van der Waals surface area (Å²) in [6.07, 6.45) is 1.09. The highest BCUT2D eigenvalue weighted by molar-refractivity contribution is 6.03. The van der Waals surface area contributed by atoms with Gasteiger partial charge in [0.05, 0.1) is 13.3 Å². The van der Waals surface area contributed by atoms with Gasteiger partial charge in [-0.3, -0.25) is 9.59 Å². The molecule has 0 aliphatic carbocycles. The van der Waals surface area contributed by atoms with Crippen molar-refractivity contribution in [2.75, 3.05) is 19.0 Å². The number of amides is 2. The van der Waals surface area contributed by atoms with Crippen LogP contribution in [0.2, 0.25) is 0 Å². The van der Waals surface area contributed by atoms with Crippen molar-refractivity contribution in [1.29, 1.82) is 0 Å². The molecule has 2 N–H and O–H groups in total. The average molecular weight is 397 g/mol. The average Bonchev–Trinajstić information content (AvgIpc) is 2.69. The number of nitrogens with zero attached hydrogens (tertiary/aromatic N) is 1. The SMILES string of the molecule is COC(=O)COc1ccc(C=NNC(=O)CC(=O)Nc2ccc(C)c(C)c2)cc1. The number of anilines is 1. The summed E-state index contributed by atoms with van der Waals surface area (Å²) in [6.45, 7) is 3.75. The number of hydrogen-bond acceptors (Lipinski definition) is 6. The molecule has 0 saturated carbocycles. The Labute approximate surface area is 168 Å². The molecule has 152 valence electrons. The van der Waals surface area contributed by atoms with E-state index in [-0.39, 0.29) is 13.0 Å². The molecule has 0 aliphatic heterocycles. The Balaban J connectivity index is 1.77. The molecule has 0 fully saturated rings. The van der Waals surface area contributed by atoms with Crippen molar-refractivity contribution in [3.8, 4) is 5.75 Å². The van der Waals surface area contributed by atoms with E-state index in [2.05, 4.69) is 20.6 Å². The van der Waals surface area contributed by atoms with E-state index in [0.29, 0.717) is 17.0 Å². The Morgan fingerprint density at radius 1 is 1.00 bits per heavy atom. The predicted octanol–water partition coefficient (Wildman–Crippen LogP) is 2.33. The van der Waals surface area contributed by atoms with Gasteiger partial charge in [-0.05, 0) is 66.9 Å². The van der Waals surface area contributed by atoms with Gasteiger partial charge in [-0.1, -0.05) is 6.07 Å². The summed E-state index contributed by atoms with van der Waals surface area (Å²) in [6, 6.07) is 12.3. The van der Waals surface area contributed by atoms with E-state index < -0.39 is 17.8 Å². The second kappa shape index (κ2) is 10.6. The highest BCUT2D eigenvalue weighted by Gasteiger charge is 2.09. The molecule has 2 rings (SSSR count). The summed E-state index contributed by atoms with van der Waals surface area (Å²) >= 11 is 0. The normalized spacial score (nSPS) is 10.4. The van der Waals surface area contributed by atoms with Crippen LogP contribution in [0.4, 0.5) is 5.69 Å². The van der Waals surface area contributed by atoms with Crippen LogP contribution in [0, 0.1) is 13.8 Å². The van der Waals surface area contributed by atoms with Crippen LogP contribution in [-0.4, -0.2) is 37.7 Å². The number of benzene rings is 2. The van der Waals surface area contributed by atoms with Crippen molar-refractivity contribution in [3.63, 3.8) is 0 Å². The van der Waals surface area contributed by atoms with E-state index in [1.807, 2.05) is 26.0 Å². The number of aryl methyl sites for hydroxylation is 2. The number of esters is 1. The number of hydrogen-bond donors (Lipinski definition) is 2. The van der Waals surface area contributed by atoms with E-state index in [0.717, 1.165) is 11.1 Å². The number of rotatable bonds is 8. The number of carbonyl (C=O) groups excluding carboxylic acids is 3. The standard InChI is InChI=1S/C21H23N3O5/c1-14-4-7-17(10-15(14)2)23-19(25)11-20(26)24-22-12-16-5-8-18(9-6-16)29-13-21(27)28-3/h4-10,12H,11,13H2,1-3H3,(H,23,25)(H,24,26). The third kappa shape index (κ3) is 7.45. The molecule has 29 heavy (non-hydrogen) atoms. The monoisotopic (exact) mass is 397 g/mol. The van der Waals surface area contributed by atoms with Crippen LogP contribution in [0.5, 0.6) is 5.75 Å². The third-order valence-corrected chi connectivity index (χ3v) is 3.98. The lowest BCUT2D eigenvalue weighted by Gasteiger charge is -2.07. The zero-order valence-corrected chi connectivity index (χ0v) is 16.5. The van der Waals surface area contributed by atoms with Crippen LogP contribution >= 0.6 is 0 Å². The molecule has 0 spiro atoms. The van der Waals surface area contributed by atoms with Gasteiger partial charge in [-0.2, -0.15) is 5.10 Å². The molecule has 2 aromatic rings. The molecule has 0 saturated heterocycles. The minimum Gasteiger partial charge on any atom is -0.482 e. The number of ether oxygens (including phenoxy) is 2. The van der Waals surface area contributed by atoms with Crippen LogP contribution in [0.1, 0.15) is 23.1 Å². The van der Waals surface area contributed by atoms with Gasteiger partial charge in [0.1, 0.15) is 12.2 Å². The summed E-state index contributed by atoms with van der Waals surface area (Å²) < 4.78 is 9.72. The second-order valence-corrected chi connectivity index (χ2v) is 6.25. The minimum atomic E-state index is -0.527. The fourth-order valence-corrected chi connectivity index (χ4v) is 2.24. The van der Waals surface area contributed by atoms with Gasteiger partial charge >= 0.3 is 5.97 Å². The zero-order valence-electron chi connectivity index (χ0n) is 16.5. The van der Waals surface area contributed by atoms with Crippen LogP contribution in [0.3, 0.4) is 0 Å². The van der Waals surface area contributed by atoms with Crippen LogP contribution in [-0.2, 0) is 19.1 Å². The number of hydrazone groups is 1. The molecule has 0 radical (unpaired) electrons. The molecule has 0 aromatic heterocycles. The molecule has 8 nitrogen and oxygen atoms in total. The molecule has 0 aliphatic rings. The van der Waals surface area contributed by atoms with E-state index in [1.165, 1.54) is 13.3 Å². The predicted molar refractivity (Wildman–Crippen MR) is 109 cm³/mol. The highest BCUT2D eigenvalue weighted by Crippen LogP contribution is 2.14. The Hall–Kier alpha value is -3.68.